The number of benzene rings is 1. The summed E-state index contributed by atoms with van der Waals surface area (Å²) in [6.45, 7) is 2.04. The monoisotopic (exact) mass is 334 g/mol. The molecule has 0 fully saturated rings. The SMILES string of the molecule is CCOC(=O)CCCCCCC(=O)c1cc(F)c(F)c(F)c1F. The molecule has 1 aromatic rings. The summed E-state index contributed by atoms with van der Waals surface area (Å²) >= 11 is 0. The number of carbonyl (C=O) groups excluding carboxylic acids is 2. The van der Waals surface area contributed by atoms with Gasteiger partial charge >= 0.3 is 5.97 Å². The van der Waals surface area contributed by atoms with Gasteiger partial charge in [-0.3, -0.25) is 9.59 Å². The molecule has 7 heteroatoms. The molecule has 0 unspecified atom stereocenters. The molecule has 0 aromatic heterocycles. The zero-order valence-electron chi connectivity index (χ0n) is 12.8. The highest BCUT2D eigenvalue weighted by molar-refractivity contribution is 5.96. The quantitative estimate of drug-likeness (QED) is 0.169. The number of ether oxygens (including phenoxy) is 1. The van der Waals surface area contributed by atoms with Crippen LogP contribution in [-0.4, -0.2) is 18.4 Å². The Morgan fingerprint density at radius 3 is 2.13 bits per heavy atom. The first-order valence-electron chi connectivity index (χ1n) is 7.40. The van der Waals surface area contributed by atoms with Crippen LogP contribution in [0.3, 0.4) is 0 Å². The highest BCUT2D eigenvalue weighted by Crippen LogP contribution is 2.20. The molecule has 23 heavy (non-hydrogen) atoms. The van der Waals surface area contributed by atoms with Gasteiger partial charge in [-0.15, -0.1) is 0 Å². The van der Waals surface area contributed by atoms with Crippen LogP contribution < -0.4 is 0 Å². The first-order chi connectivity index (χ1) is 10.9. The summed E-state index contributed by atoms with van der Waals surface area (Å²) in [6, 6.07) is 0.372. The van der Waals surface area contributed by atoms with Crippen LogP contribution in [0.4, 0.5) is 17.6 Å². The van der Waals surface area contributed by atoms with Crippen LogP contribution in [0.1, 0.15) is 55.8 Å². The fourth-order valence-corrected chi connectivity index (χ4v) is 2.05. The number of hydrogen-bond donors (Lipinski definition) is 0. The number of esters is 1. The minimum atomic E-state index is -1.98. The summed E-state index contributed by atoms with van der Waals surface area (Å²) in [5.74, 6) is -8.26. The van der Waals surface area contributed by atoms with Crippen molar-refractivity contribution in [2.24, 2.45) is 0 Å². The fourth-order valence-electron chi connectivity index (χ4n) is 2.05. The van der Waals surface area contributed by atoms with Gasteiger partial charge in [0.15, 0.2) is 29.1 Å². The Kier molecular flexibility index (Phi) is 7.71. The molecule has 0 aliphatic heterocycles. The van der Waals surface area contributed by atoms with Crippen LogP contribution in [0.15, 0.2) is 6.07 Å². The molecule has 1 rings (SSSR count). The van der Waals surface area contributed by atoms with Crippen molar-refractivity contribution in [3.8, 4) is 0 Å². The van der Waals surface area contributed by atoms with Crippen LogP contribution in [-0.2, 0) is 9.53 Å². The van der Waals surface area contributed by atoms with E-state index in [4.69, 9.17) is 4.74 Å². The van der Waals surface area contributed by atoms with Crippen molar-refractivity contribution in [3.63, 3.8) is 0 Å². The molecule has 0 saturated carbocycles. The zero-order chi connectivity index (χ0) is 17.4. The van der Waals surface area contributed by atoms with Crippen LogP contribution in [0.25, 0.3) is 0 Å². The largest absolute Gasteiger partial charge is 0.466 e. The first kappa shape index (κ1) is 19.1. The maximum atomic E-state index is 13.4. The number of unbranched alkanes of at least 4 members (excludes halogenated alkanes) is 3. The van der Waals surface area contributed by atoms with Crippen LogP contribution in [0, 0.1) is 23.3 Å². The predicted octanol–water partition coefficient (Wildman–Crippen LogP) is 4.33. The molecule has 0 atom stereocenters. The van der Waals surface area contributed by atoms with Gasteiger partial charge in [-0.2, -0.15) is 0 Å². The lowest BCUT2D eigenvalue weighted by Gasteiger charge is -2.05. The number of rotatable bonds is 9. The van der Waals surface area contributed by atoms with E-state index in [1.54, 1.807) is 6.92 Å². The molecule has 128 valence electrons. The molecular formula is C16H18F4O3. The van der Waals surface area contributed by atoms with Gasteiger partial charge in [0.05, 0.1) is 12.2 Å². The van der Waals surface area contributed by atoms with Gasteiger partial charge in [0.2, 0.25) is 0 Å². The molecule has 3 nitrogen and oxygen atoms in total. The van der Waals surface area contributed by atoms with Crippen LogP contribution in [0.2, 0.25) is 0 Å². The molecule has 1 aromatic carbocycles. The number of halogens is 4. The van der Waals surface area contributed by atoms with E-state index in [-0.39, 0.29) is 18.8 Å². The Morgan fingerprint density at radius 2 is 1.52 bits per heavy atom. The lowest BCUT2D eigenvalue weighted by molar-refractivity contribution is -0.143. The van der Waals surface area contributed by atoms with Crippen molar-refractivity contribution in [2.75, 3.05) is 6.61 Å². The minimum Gasteiger partial charge on any atom is -0.466 e. The van der Waals surface area contributed by atoms with E-state index >= 15 is 0 Å². The van der Waals surface area contributed by atoms with Crippen LogP contribution in [0.5, 0.6) is 0 Å². The Labute approximate surface area is 131 Å². The lowest BCUT2D eigenvalue weighted by atomic mass is 10.0. The second-order valence-corrected chi connectivity index (χ2v) is 4.99. The fraction of sp³-hybridized carbons (Fsp3) is 0.500. The number of carbonyl (C=O) groups is 2. The number of Topliss-reactive ketones (excluding diaryl/α,β-unsaturated/α-hetero) is 1. The third-order valence-electron chi connectivity index (χ3n) is 3.24. The summed E-state index contributed by atoms with van der Waals surface area (Å²) in [4.78, 5) is 22.8. The molecule has 0 heterocycles. The van der Waals surface area contributed by atoms with Crippen molar-refractivity contribution in [2.45, 2.75) is 45.4 Å². The Balaban J connectivity index is 2.39. The number of hydrogen-bond acceptors (Lipinski definition) is 3. The molecule has 0 aliphatic rings. The van der Waals surface area contributed by atoms with Gasteiger partial charge < -0.3 is 4.74 Å². The van der Waals surface area contributed by atoms with E-state index < -0.39 is 34.6 Å². The highest BCUT2D eigenvalue weighted by atomic mass is 19.2. The molecule has 0 saturated heterocycles. The van der Waals surface area contributed by atoms with Gasteiger partial charge in [0.25, 0.3) is 0 Å². The second-order valence-electron chi connectivity index (χ2n) is 4.99. The Hall–Kier alpha value is -1.92. The maximum Gasteiger partial charge on any atom is 0.305 e. The van der Waals surface area contributed by atoms with E-state index in [2.05, 4.69) is 0 Å². The summed E-state index contributed by atoms with van der Waals surface area (Å²) in [5, 5.41) is 0. The lowest BCUT2D eigenvalue weighted by Crippen LogP contribution is -2.08. The average Bonchev–Trinajstić information content (AvgIpc) is 2.52. The molecule has 0 N–H and O–H groups in total. The van der Waals surface area contributed by atoms with Gasteiger partial charge in [0, 0.05) is 12.8 Å². The Morgan fingerprint density at radius 1 is 0.913 bits per heavy atom. The number of ketones is 1. The first-order valence-corrected chi connectivity index (χ1v) is 7.40. The van der Waals surface area contributed by atoms with Crippen molar-refractivity contribution in [1.29, 1.82) is 0 Å². The highest BCUT2D eigenvalue weighted by Gasteiger charge is 2.22. The molecular weight excluding hydrogens is 316 g/mol. The van der Waals surface area contributed by atoms with Crippen molar-refractivity contribution < 1.29 is 31.9 Å². The summed E-state index contributed by atoms with van der Waals surface area (Å²) in [5.41, 5.74) is -0.784. The van der Waals surface area contributed by atoms with E-state index in [0.29, 0.717) is 38.4 Å². The van der Waals surface area contributed by atoms with E-state index in [0.717, 1.165) is 0 Å². The molecule has 0 spiro atoms. The van der Waals surface area contributed by atoms with E-state index in [1.165, 1.54) is 0 Å². The van der Waals surface area contributed by atoms with Gasteiger partial charge in [-0.25, -0.2) is 17.6 Å². The molecule has 0 radical (unpaired) electrons. The maximum absolute atomic E-state index is 13.4. The topological polar surface area (TPSA) is 43.4 Å². The van der Waals surface area contributed by atoms with E-state index in [9.17, 15) is 27.2 Å². The Bertz CT molecular complexity index is 573. The van der Waals surface area contributed by atoms with Crippen molar-refractivity contribution in [3.05, 3.63) is 34.9 Å². The van der Waals surface area contributed by atoms with Gasteiger partial charge in [-0.05, 0) is 25.8 Å². The minimum absolute atomic E-state index is 0.110. The smallest absolute Gasteiger partial charge is 0.305 e. The predicted molar refractivity (Wildman–Crippen MR) is 74.9 cm³/mol. The van der Waals surface area contributed by atoms with Gasteiger partial charge in [-0.1, -0.05) is 12.8 Å². The van der Waals surface area contributed by atoms with Gasteiger partial charge in [0.1, 0.15) is 0 Å². The molecule has 0 amide bonds. The average molecular weight is 334 g/mol. The summed E-state index contributed by atoms with van der Waals surface area (Å²) in [7, 11) is 0. The molecule has 0 bridgehead atoms. The standard InChI is InChI=1S/C16H18F4O3/c1-2-23-13(22)8-6-4-3-5-7-12(21)10-9-11(17)15(19)16(20)14(10)18/h9H,2-8H2,1H3. The zero-order valence-corrected chi connectivity index (χ0v) is 12.8. The third-order valence-corrected chi connectivity index (χ3v) is 3.24. The normalized spacial score (nSPS) is 10.7. The second kappa shape index (κ2) is 9.27. The molecule has 0 aliphatic carbocycles. The summed E-state index contributed by atoms with van der Waals surface area (Å²) in [6.07, 6.45) is 2.41. The van der Waals surface area contributed by atoms with E-state index in [1.807, 2.05) is 0 Å². The van der Waals surface area contributed by atoms with Crippen LogP contribution >= 0.6 is 0 Å². The third kappa shape index (κ3) is 5.65. The summed E-state index contributed by atoms with van der Waals surface area (Å²) < 4.78 is 57.1. The van der Waals surface area contributed by atoms with Crippen molar-refractivity contribution >= 4 is 11.8 Å². The van der Waals surface area contributed by atoms with Crippen molar-refractivity contribution in [1.82, 2.24) is 0 Å².